The minimum atomic E-state index is 0.125. The lowest BCUT2D eigenvalue weighted by Gasteiger charge is -2.33. The largest absolute Gasteiger partial charge is 0.355 e. The van der Waals surface area contributed by atoms with Gasteiger partial charge in [0.1, 0.15) is 6.23 Å². The fourth-order valence-electron chi connectivity index (χ4n) is 1.27. The molecule has 0 amide bonds. The number of hydrogen-bond acceptors (Lipinski definition) is 2. The molecular weight excluding hydrogens is 150 g/mol. The van der Waals surface area contributed by atoms with Crippen LogP contribution in [0.4, 0.5) is 0 Å². The molecule has 0 fully saturated rings. The number of hydrogen-bond donors (Lipinski definition) is 0. The van der Waals surface area contributed by atoms with Gasteiger partial charge in [-0.3, -0.25) is 0 Å². The topological polar surface area (TPSA) is 12.5 Å². The molecule has 1 unspecified atom stereocenters. The molecule has 1 heterocycles. The average Bonchev–Trinajstić information content (AvgIpc) is 2.05. The van der Waals surface area contributed by atoms with Gasteiger partial charge in [0.2, 0.25) is 0 Å². The van der Waals surface area contributed by atoms with Gasteiger partial charge in [-0.25, -0.2) is 0 Å². The smallest absolute Gasteiger partial charge is 0.149 e. The van der Waals surface area contributed by atoms with Crippen molar-refractivity contribution < 1.29 is 4.74 Å². The Labute approximate surface area is 74.5 Å². The van der Waals surface area contributed by atoms with Gasteiger partial charge in [-0.2, -0.15) is 0 Å². The van der Waals surface area contributed by atoms with E-state index in [0.29, 0.717) is 6.04 Å². The maximum atomic E-state index is 5.54. The van der Waals surface area contributed by atoms with Crippen LogP contribution in [-0.4, -0.2) is 23.8 Å². The standard InChI is InChI=1S/C10H17NO/c1-4-12-10-7-5-6-8-11(10)9(2)3/h5-10H,4H2,1-3H3. The second kappa shape index (κ2) is 4.31. The third-order valence-corrected chi connectivity index (χ3v) is 1.87. The maximum Gasteiger partial charge on any atom is 0.149 e. The molecule has 1 aliphatic rings. The van der Waals surface area contributed by atoms with Crippen molar-refractivity contribution in [2.24, 2.45) is 0 Å². The Balaban J connectivity index is 2.57. The fraction of sp³-hybridized carbons (Fsp3) is 0.600. The van der Waals surface area contributed by atoms with Gasteiger partial charge >= 0.3 is 0 Å². The quantitative estimate of drug-likeness (QED) is 0.638. The molecule has 0 aromatic heterocycles. The molecule has 1 rings (SSSR count). The molecular formula is C10H17NO. The van der Waals surface area contributed by atoms with Crippen molar-refractivity contribution in [3.05, 3.63) is 24.4 Å². The molecule has 0 aromatic carbocycles. The van der Waals surface area contributed by atoms with E-state index in [2.05, 4.69) is 31.0 Å². The van der Waals surface area contributed by atoms with E-state index in [9.17, 15) is 0 Å². The van der Waals surface area contributed by atoms with E-state index >= 15 is 0 Å². The Morgan fingerprint density at radius 1 is 1.42 bits per heavy atom. The van der Waals surface area contributed by atoms with Crippen LogP contribution in [0.15, 0.2) is 24.4 Å². The number of rotatable bonds is 3. The molecule has 12 heavy (non-hydrogen) atoms. The molecule has 68 valence electrons. The van der Waals surface area contributed by atoms with E-state index in [-0.39, 0.29) is 6.23 Å². The number of nitrogens with zero attached hydrogens (tertiary/aromatic N) is 1. The van der Waals surface area contributed by atoms with Crippen LogP contribution in [0.1, 0.15) is 20.8 Å². The van der Waals surface area contributed by atoms with E-state index in [1.165, 1.54) is 0 Å². The molecule has 0 saturated carbocycles. The van der Waals surface area contributed by atoms with Gasteiger partial charge in [0.25, 0.3) is 0 Å². The first kappa shape index (κ1) is 9.33. The zero-order chi connectivity index (χ0) is 8.97. The summed E-state index contributed by atoms with van der Waals surface area (Å²) in [5.74, 6) is 0. The van der Waals surface area contributed by atoms with Crippen LogP contribution in [-0.2, 0) is 4.74 Å². The van der Waals surface area contributed by atoms with Crippen LogP contribution in [0.3, 0.4) is 0 Å². The molecule has 2 nitrogen and oxygen atoms in total. The third-order valence-electron chi connectivity index (χ3n) is 1.87. The van der Waals surface area contributed by atoms with Crippen LogP contribution in [0.5, 0.6) is 0 Å². The Kier molecular flexibility index (Phi) is 3.35. The first-order valence-electron chi connectivity index (χ1n) is 4.49. The van der Waals surface area contributed by atoms with E-state index in [4.69, 9.17) is 4.74 Å². The molecule has 0 saturated heterocycles. The Bertz CT molecular complexity index is 184. The highest BCUT2D eigenvalue weighted by molar-refractivity contribution is 5.11. The summed E-state index contributed by atoms with van der Waals surface area (Å²) in [5, 5.41) is 0. The molecule has 2 heteroatoms. The summed E-state index contributed by atoms with van der Waals surface area (Å²) in [7, 11) is 0. The summed E-state index contributed by atoms with van der Waals surface area (Å²) in [6.45, 7) is 7.10. The van der Waals surface area contributed by atoms with Crippen molar-refractivity contribution in [3.8, 4) is 0 Å². The van der Waals surface area contributed by atoms with Crippen LogP contribution in [0, 0.1) is 0 Å². The highest BCUT2D eigenvalue weighted by Crippen LogP contribution is 2.13. The third kappa shape index (κ3) is 2.11. The average molecular weight is 167 g/mol. The summed E-state index contributed by atoms with van der Waals surface area (Å²) in [4.78, 5) is 2.20. The van der Waals surface area contributed by atoms with Crippen molar-refractivity contribution in [1.29, 1.82) is 0 Å². The molecule has 0 N–H and O–H groups in total. The Hall–Kier alpha value is -0.760. The summed E-state index contributed by atoms with van der Waals surface area (Å²) in [6, 6.07) is 0.489. The SMILES string of the molecule is CCOC1C=CC=CN1C(C)C. The zero-order valence-corrected chi connectivity index (χ0v) is 8.03. The van der Waals surface area contributed by atoms with Crippen molar-refractivity contribution in [3.63, 3.8) is 0 Å². The summed E-state index contributed by atoms with van der Waals surface area (Å²) in [5.41, 5.74) is 0. The van der Waals surface area contributed by atoms with Crippen molar-refractivity contribution in [1.82, 2.24) is 4.90 Å². The lowest BCUT2D eigenvalue weighted by molar-refractivity contribution is -0.0117. The number of allylic oxidation sites excluding steroid dienone is 2. The monoisotopic (exact) mass is 167 g/mol. The zero-order valence-electron chi connectivity index (χ0n) is 8.03. The lowest BCUT2D eigenvalue weighted by Crippen LogP contribution is -2.37. The highest BCUT2D eigenvalue weighted by Gasteiger charge is 2.16. The molecule has 1 atom stereocenters. The van der Waals surface area contributed by atoms with Gasteiger partial charge < -0.3 is 9.64 Å². The summed E-state index contributed by atoms with van der Waals surface area (Å²) >= 11 is 0. The second-order valence-electron chi connectivity index (χ2n) is 3.11. The van der Waals surface area contributed by atoms with Crippen LogP contribution >= 0.6 is 0 Å². The van der Waals surface area contributed by atoms with E-state index in [1.807, 2.05) is 19.1 Å². The number of ether oxygens (including phenoxy) is 1. The van der Waals surface area contributed by atoms with Crippen LogP contribution in [0.25, 0.3) is 0 Å². The van der Waals surface area contributed by atoms with Gasteiger partial charge in [-0.15, -0.1) is 0 Å². The Morgan fingerprint density at radius 3 is 2.75 bits per heavy atom. The lowest BCUT2D eigenvalue weighted by atomic mass is 10.2. The predicted octanol–water partition coefficient (Wildman–Crippen LogP) is 2.14. The fourth-order valence-corrected chi connectivity index (χ4v) is 1.27. The van der Waals surface area contributed by atoms with E-state index in [0.717, 1.165) is 6.61 Å². The minimum Gasteiger partial charge on any atom is -0.355 e. The maximum absolute atomic E-state index is 5.54. The van der Waals surface area contributed by atoms with Gasteiger partial charge in [0, 0.05) is 18.8 Å². The van der Waals surface area contributed by atoms with Gasteiger partial charge in [-0.05, 0) is 32.9 Å². The van der Waals surface area contributed by atoms with E-state index < -0.39 is 0 Å². The molecule has 0 bridgehead atoms. The first-order valence-corrected chi connectivity index (χ1v) is 4.49. The summed E-state index contributed by atoms with van der Waals surface area (Å²) in [6.07, 6.45) is 8.34. The first-order chi connectivity index (χ1) is 5.75. The molecule has 0 aliphatic carbocycles. The molecule has 1 aliphatic heterocycles. The highest BCUT2D eigenvalue weighted by atomic mass is 16.5. The molecule has 0 radical (unpaired) electrons. The molecule has 0 aromatic rings. The van der Waals surface area contributed by atoms with Crippen molar-refractivity contribution >= 4 is 0 Å². The van der Waals surface area contributed by atoms with Gasteiger partial charge in [0.05, 0.1) is 0 Å². The Morgan fingerprint density at radius 2 is 2.17 bits per heavy atom. The van der Waals surface area contributed by atoms with Crippen LogP contribution < -0.4 is 0 Å². The predicted molar refractivity (Wildman–Crippen MR) is 50.7 cm³/mol. The van der Waals surface area contributed by atoms with Crippen molar-refractivity contribution in [2.75, 3.05) is 6.61 Å². The molecule has 0 spiro atoms. The normalized spacial score (nSPS) is 22.3. The summed E-state index contributed by atoms with van der Waals surface area (Å²) < 4.78 is 5.54. The minimum absolute atomic E-state index is 0.125. The van der Waals surface area contributed by atoms with E-state index in [1.54, 1.807) is 0 Å². The van der Waals surface area contributed by atoms with Gasteiger partial charge in [0.15, 0.2) is 0 Å². The second-order valence-corrected chi connectivity index (χ2v) is 3.11. The van der Waals surface area contributed by atoms with Gasteiger partial charge in [-0.1, -0.05) is 6.08 Å². The van der Waals surface area contributed by atoms with Crippen LogP contribution in [0.2, 0.25) is 0 Å². The van der Waals surface area contributed by atoms with Crippen molar-refractivity contribution in [2.45, 2.75) is 33.0 Å².